The number of fused-ring (bicyclic) bond motifs is 2. The molecule has 0 fully saturated rings. The molecule has 0 saturated heterocycles. The molecule has 0 unspecified atom stereocenters. The fourth-order valence-corrected chi connectivity index (χ4v) is 7.47. The van der Waals surface area contributed by atoms with Crippen molar-refractivity contribution in [3.63, 3.8) is 0 Å². The van der Waals surface area contributed by atoms with Crippen LogP contribution in [-0.2, 0) is 9.47 Å². The van der Waals surface area contributed by atoms with Crippen molar-refractivity contribution in [3.8, 4) is 0 Å². The van der Waals surface area contributed by atoms with E-state index in [2.05, 4.69) is 10.2 Å². The third kappa shape index (κ3) is 3.00. The second-order valence-corrected chi connectivity index (χ2v) is 9.56. The molecule has 8 nitrogen and oxygen atoms in total. The lowest BCUT2D eigenvalue weighted by molar-refractivity contribution is 0.0581. The van der Waals surface area contributed by atoms with Crippen molar-refractivity contribution in [3.05, 3.63) is 33.5 Å². The molecule has 0 amide bonds. The Morgan fingerprint density at radius 3 is 1.61 bits per heavy atom. The fourth-order valence-electron chi connectivity index (χ4n) is 2.54. The van der Waals surface area contributed by atoms with E-state index in [-0.39, 0.29) is 11.4 Å². The summed E-state index contributed by atoms with van der Waals surface area (Å²) >= 11 is 3.00. The van der Waals surface area contributed by atoms with Crippen molar-refractivity contribution in [2.24, 2.45) is 0 Å². The molecule has 4 heterocycles. The highest BCUT2D eigenvalue weighted by Gasteiger charge is 2.27. The van der Waals surface area contributed by atoms with E-state index < -0.39 is 11.9 Å². The molecule has 0 aliphatic carbocycles. The lowest BCUT2D eigenvalue weighted by Crippen LogP contribution is -2.04. The van der Waals surface area contributed by atoms with Crippen LogP contribution in [0.25, 0.3) is 9.66 Å². The van der Waals surface area contributed by atoms with Crippen LogP contribution in [0, 0.1) is 13.8 Å². The summed E-state index contributed by atoms with van der Waals surface area (Å²) < 4.78 is 13.2. The van der Waals surface area contributed by atoms with E-state index in [9.17, 15) is 9.59 Å². The van der Waals surface area contributed by atoms with Gasteiger partial charge in [-0.3, -0.25) is 0 Å². The molecule has 0 radical (unpaired) electrons. The number of hydrogen-bond donors (Lipinski definition) is 0. The molecule has 0 aromatic carbocycles. The summed E-state index contributed by atoms with van der Waals surface area (Å²) in [5.74, 6) is -1.00. The van der Waals surface area contributed by atoms with Crippen LogP contribution in [0.2, 0.25) is 0 Å². The van der Waals surface area contributed by atoms with E-state index in [1.54, 1.807) is 9.03 Å². The second kappa shape index (κ2) is 7.43. The molecule has 12 heteroatoms. The van der Waals surface area contributed by atoms with Crippen molar-refractivity contribution >= 4 is 65.9 Å². The van der Waals surface area contributed by atoms with Gasteiger partial charge in [-0.25, -0.2) is 18.6 Å². The SMILES string of the molecule is COC(=O)c1nn2c(C)csc2c1SSc1c(C(=O)OC)nn2c(C)csc12. The van der Waals surface area contributed by atoms with Crippen molar-refractivity contribution in [1.82, 2.24) is 19.2 Å². The molecule has 0 aliphatic heterocycles. The predicted molar refractivity (Wildman–Crippen MR) is 110 cm³/mol. The highest BCUT2D eigenvalue weighted by Crippen LogP contribution is 2.46. The first kappa shape index (κ1) is 19.3. The number of esters is 2. The maximum absolute atomic E-state index is 12.2. The fraction of sp³-hybridized carbons (Fsp3) is 0.250. The van der Waals surface area contributed by atoms with E-state index in [4.69, 9.17) is 9.47 Å². The van der Waals surface area contributed by atoms with Gasteiger partial charge in [-0.05, 0) is 35.4 Å². The zero-order chi connectivity index (χ0) is 20.0. The zero-order valence-electron chi connectivity index (χ0n) is 15.2. The van der Waals surface area contributed by atoms with Gasteiger partial charge in [0.15, 0.2) is 11.4 Å². The minimum Gasteiger partial charge on any atom is -0.464 e. The van der Waals surface area contributed by atoms with Gasteiger partial charge in [-0.15, -0.1) is 22.7 Å². The molecule has 146 valence electrons. The summed E-state index contributed by atoms with van der Waals surface area (Å²) in [5.41, 5.74) is 2.36. The van der Waals surface area contributed by atoms with Crippen molar-refractivity contribution < 1.29 is 19.1 Å². The predicted octanol–water partition coefficient (Wildman–Crippen LogP) is 4.09. The number of ether oxygens (including phenoxy) is 2. The highest BCUT2D eigenvalue weighted by atomic mass is 33.1. The van der Waals surface area contributed by atoms with Gasteiger partial charge >= 0.3 is 11.9 Å². The van der Waals surface area contributed by atoms with Crippen LogP contribution < -0.4 is 0 Å². The largest absolute Gasteiger partial charge is 0.464 e. The number of aryl methyl sites for hydroxylation is 2. The molecule has 28 heavy (non-hydrogen) atoms. The Morgan fingerprint density at radius 2 is 1.25 bits per heavy atom. The van der Waals surface area contributed by atoms with Crippen LogP contribution in [0.4, 0.5) is 0 Å². The summed E-state index contributed by atoms with van der Waals surface area (Å²) in [6.45, 7) is 3.84. The molecular formula is C16H14N4O4S4. The van der Waals surface area contributed by atoms with E-state index in [0.717, 1.165) is 21.0 Å². The Hall–Kier alpha value is -2.02. The molecule has 0 aliphatic rings. The summed E-state index contributed by atoms with van der Waals surface area (Å²) in [6.07, 6.45) is 0. The first-order valence-electron chi connectivity index (χ1n) is 7.91. The van der Waals surface area contributed by atoms with Gasteiger partial charge < -0.3 is 9.47 Å². The third-order valence-corrected chi connectivity index (χ3v) is 8.74. The highest BCUT2D eigenvalue weighted by molar-refractivity contribution is 8.76. The van der Waals surface area contributed by atoms with Gasteiger partial charge in [0.2, 0.25) is 0 Å². The number of aromatic nitrogens is 4. The number of methoxy groups -OCH3 is 2. The lowest BCUT2D eigenvalue weighted by Gasteiger charge is -2.01. The Bertz CT molecular complexity index is 1120. The van der Waals surface area contributed by atoms with Crippen LogP contribution in [0.15, 0.2) is 20.6 Å². The third-order valence-electron chi connectivity index (χ3n) is 3.92. The Balaban J connectivity index is 1.78. The van der Waals surface area contributed by atoms with Crippen LogP contribution in [0.1, 0.15) is 32.4 Å². The average Bonchev–Trinajstić information content (AvgIpc) is 3.42. The van der Waals surface area contributed by atoms with E-state index in [1.807, 2.05) is 24.6 Å². The van der Waals surface area contributed by atoms with Gasteiger partial charge in [0, 0.05) is 10.8 Å². The summed E-state index contributed by atoms with van der Waals surface area (Å²) in [5, 5.41) is 12.7. The Kier molecular flexibility index (Phi) is 5.12. The van der Waals surface area contributed by atoms with Gasteiger partial charge in [-0.2, -0.15) is 10.2 Å². The molecule has 4 rings (SSSR count). The first-order chi connectivity index (χ1) is 13.5. The molecule has 0 atom stereocenters. The standard InChI is InChI=1S/C16H14N4O4S4/c1-7-5-25-13-11(9(15(21)23-3)17-19(7)13)27-28-12-10(16(22)24-4)18-20-8(2)6-26-14(12)20/h5-6H,1-4H3. The monoisotopic (exact) mass is 454 g/mol. The minimum absolute atomic E-state index is 0.250. The first-order valence-corrected chi connectivity index (χ1v) is 11.8. The zero-order valence-corrected chi connectivity index (χ0v) is 18.5. The second-order valence-electron chi connectivity index (χ2n) is 5.69. The number of hydrogen-bond acceptors (Lipinski definition) is 10. The number of thiazole rings is 2. The van der Waals surface area contributed by atoms with Crippen LogP contribution in [0.3, 0.4) is 0 Å². The van der Waals surface area contributed by atoms with Gasteiger partial charge in [0.05, 0.1) is 35.4 Å². The summed E-state index contributed by atoms with van der Waals surface area (Å²) in [7, 11) is 5.36. The van der Waals surface area contributed by atoms with E-state index >= 15 is 0 Å². The minimum atomic E-state index is -0.501. The number of carbonyl (C=O) groups excluding carboxylic acids is 2. The van der Waals surface area contributed by atoms with Crippen LogP contribution in [0.5, 0.6) is 0 Å². The summed E-state index contributed by atoms with van der Waals surface area (Å²) in [6, 6.07) is 0. The smallest absolute Gasteiger partial charge is 0.359 e. The Morgan fingerprint density at radius 1 is 0.857 bits per heavy atom. The molecule has 4 aromatic heterocycles. The van der Waals surface area contributed by atoms with Crippen molar-refractivity contribution in [2.45, 2.75) is 23.6 Å². The summed E-state index contributed by atoms with van der Waals surface area (Å²) in [4.78, 5) is 27.5. The maximum Gasteiger partial charge on any atom is 0.359 e. The average molecular weight is 455 g/mol. The topological polar surface area (TPSA) is 87.2 Å². The number of carbonyl (C=O) groups is 2. The molecular weight excluding hydrogens is 440 g/mol. The lowest BCUT2D eigenvalue weighted by atomic mass is 10.4. The molecule has 4 aromatic rings. The number of nitrogens with zero attached hydrogens (tertiary/aromatic N) is 4. The van der Waals surface area contributed by atoms with Gasteiger partial charge in [0.25, 0.3) is 0 Å². The van der Waals surface area contributed by atoms with Crippen molar-refractivity contribution in [2.75, 3.05) is 14.2 Å². The van der Waals surface area contributed by atoms with Crippen molar-refractivity contribution in [1.29, 1.82) is 0 Å². The van der Waals surface area contributed by atoms with E-state index in [1.165, 1.54) is 58.5 Å². The molecule has 0 bridgehead atoms. The van der Waals surface area contributed by atoms with Gasteiger partial charge in [-0.1, -0.05) is 0 Å². The quantitative estimate of drug-likeness (QED) is 0.329. The van der Waals surface area contributed by atoms with Crippen LogP contribution in [-0.4, -0.2) is 45.4 Å². The van der Waals surface area contributed by atoms with Gasteiger partial charge in [0.1, 0.15) is 9.66 Å². The van der Waals surface area contributed by atoms with E-state index in [0.29, 0.717) is 9.79 Å². The number of rotatable bonds is 5. The Labute approximate surface area is 175 Å². The van der Waals surface area contributed by atoms with Crippen LogP contribution >= 0.6 is 44.3 Å². The molecule has 0 spiro atoms. The molecule has 0 saturated carbocycles. The molecule has 0 N–H and O–H groups in total. The normalized spacial score (nSPS) is 11.4. The maximum atomic E-state index is 12.2.